The van der Waals surface area contributed by atoms with E-state index in [9.17, 15) is 9.59 Å². The molecule has 0 aliphatic heterocycles. The van der Waals surface area contributed by atoms with Gasteiger partial charge >= 0.3 is 0 Å². The van der Waals surface area contributed by atoms with Crippen LogP contribution in [0.3, 0.4) is 0 Å². The van der Waals surface area contributed by atoms with Crippen LogP contribution in [0.4, 0.5) is 0 Å². The lowest BCUT2D eigenvalue weighted by Crippen LogP contribution is -2.51. The standard InChI is InChI=1S/C29H32Cl2N2O3/c1-3-16-32-29(35)27(18-22-8-6-5-7-9-22)33(19-23-12-15-25(30)26(31)17-23)28(34)20-36-24-13-10-21(4-2)11-14-24/h5-15,17,27H,3-4,16,18-20H2,1-2H3,(H,32,35). The van der Waals surface area contributed by atoms with E-state index < -0.39 is 6.04 Å². The van der Waals surface area contributed by atoms with Crippen molar-refractivity contribution in [1.82, 2.24) is 10.2 Å². The Hall–Kier alpha value is -3.02. The molecule has 3 aromatic rings. The van der Waals surface area contributed by atoms with Gasteiger partial charge in [0.05, 0.1) is 10.0 Å². The fourth-order valence-electron chi connectivity index (χ4n) is 3.80. The summed E-state index contributed by atoms with van der Waals surface area (Å²) in [4.78, 5) is 28.5. The Kier molecular flexibility index (Phi) is 10.6. The van der Waals surface area contributed by atoms with E-state index >= 15 is 0 Å². The molecule has 190 valence electrons. The van der Waals surface area contributed by atoms with Gasteiger partial charge in [-0.05, 0) is 53.8 Å². The molecule has 0 saturated heterocycles. The molecule has 0 radical (unpaired) electrons. The summed E-state index contributed by atoms with van der Waals surface area (Å²) in [5.41, 5.74) is 2.91. The van der Waals surface area contributed by atoms with E-state index in [0.29, 0.717) is 28.8 Å². The summed E-state index contributed by atoms with van der Waals surface area (Å²) in [5, 5.41) is 3.78. The smallest absolute Gasteiger partial charge is 0.261 e. The number of ether oxygens (including phenoxy) is 1. The van der Waals surface area contributed by atoms with Gasteiger partial charge in [-0.3, -0.25) is 9.59 Å². The highest BCUT2D eigenvalue weighted by molar-refractivity contribution is 6.42. The first-order valence-corrected chi connectivity index (χ1v) is 12.9. The monoisotopic (exact) mass is 526 g/mol. The number of rotatable bonds is 12. The van der Waals surface area contributed by atoms with Crippen LogP contribution in [0.25, 0.3) is 0 Å². The summed E-state index contributed by atoms with van der Waals surface area (Å²) in [7, 11) is 0. The van der Waals surface area contributed by atoms with E-state index in [1.165, 1.54) is 5.56 Å². The second kappa shape index (κ2) is 13.9. The summed E-state index contributed by atoms with van der Waals surface area (Å²) in [6.07, 6.45) is 2.08. The summed E-state index contributed by atoms with van der Waals surface area (Å²) >= 11 is 12.3. The van der Waals surface area contributed by atoms with Crippen LogP contribution in [0.2, 0.25) is 10.0 Å². The van der Waals surface area contributed by atoms with E-state index in [1.807, 2.05) is 67.6 Å². The van der Waals surface area contributed by atoms with Crippen molar-refractivity contribution in [1.29, 1.82) is 0 Å². The first-order valence-electron chi connectivity index (χ1n) is 12.2. The molecule has 0 heterocycles. The van der Waals surface area contributed by atoms with Crippen LogP contribution in [0.1, 0.15) is 37.0 Å². The van der Waals surface area contributed by atoms with Crippen LogP contribution in [0, 0.1) is 0 Å². The number of hydrogen-bond acceptors (Lipinski definition) is 3. The van der Waals surface area contributed by atoms with Crippen molar-refractivity contribution in [3.05, 3.63) is 99.5 Å². The molecule has 1 atom stereocenters. The van der Waals surface area contributed by atoms with E-state index in [4.69, 9.17) is 27.9 Å². The van der Waals surface area contributed by atoms with Gasteiger partial charge in [-0.25, -0.2) is 0 Å². The second-order valence-corrected chi connectivity index (χ2v) is 9.37. The lowest BCUT2D eigenvalue weighted by Gasteiger charge is -2.31. The fourth-order valence-corrected chi connectivity index (χ4v) is 4.12. The topological polar surface area (TPSA) is 58.6 Å². The van der Waals surface area contributed by atoms with Crippen molar-refractivity contribution in [3.8, 4) is 5.75 Å². The molecule has 0 aliphatic rings. The largest absolute Gasteiger partial charge is 0.484 e. The normalized spacial score (nSPS) is 11.6. The number of nitrogens with one attached hydrogen (secondary N) is 1. The Balaban J connectivity index is 1.89. The SMILES string of the molecule is CCCNC(=O)C(Cc1ccccc1)N(Cc1ccc(Cl)c(Cl)c1)C(=O)COc1ccc(CC)cc1. The van der Waals surface area contributed by atoms with Gasteiger partial charge in [-0.1, -0.05) is 85.6 Å². The molecule has 3 aromatic carbocycles. The predicted octanol–water partition coefficient (Wildman–Crippen LogP) is 6.10. The molecule has 0 fully saturated rings. The zero-order valence-electron chi connectivity index (χ0n) is 20.7. The summed E-state index contributed by atoms with van der Waals surface area (Å²) in [6, 6.07) is 21.8. The highest BCUT2D eigenvalue weighted by Gasteiger charge is 2.30. The third-order valence-corrected chi connectivity index (χ3v) is 6.59. The van der Waals surface area contributed by atoms with Crippen molar-refractivity contribution >= 4 is 35.0 Å². The Labute approximate surface area is 223 Å². The number of aryl methyl sites for hydroxylation is 1. The third kappa shape index (κ3) is 8.00. The Morgan fingerprint density at radius 1 is 0.889 bits per heavy atom. The molecular formula is C29H32Cl2N2O3. The van der Waals surface area contributed by atoms with Gasteiger partial charge in [0.2, 0.25) is 5.91 Å². The molecule has 0 bridgehead atoms. The molecule has 0 spiro atoms. The van der Waals surface area contributed by atoms with Crippen molar-refractivity contribution in [2.24, 2.45) is 0 Å². The molecule has 0 aromatic heterocycles. The molecule has 0 saturated carbocycles. The van der Waals surface area contributed by atoms with Crippen LogP contribution in [-0.2, 0) is 29.0 Å². The Bertz CT molecular complexity index is 1140. The predicted molar refractivity (Wildman–Crippen MR) is 146 cm³/mol. The van der Waals surface area contributed by atoms with E-state index in [0.717, 1.165) is 24.0 Å². The molecule has 7 heteroatoms. The fraction of sp³-hybridized carbons (Fsp3) is 0.310. The number of amides is 2. The maximum Gasteiger partial charge on any atom is 0.261 e. The number of carbonyl (C=O) groups is 2. The summed E-state index contributed by atoms with van der Waals surface area (Å²) < 4.78 is 5.82. The molecule has 2 amide bonds. The first-order chi connectivity index (χ1) is 17.4. The number of halogens is 2. The van der Waals surface area contributed by atoms with Gasteiger partial charge in [-0.15, -0.1) is 0 Å². The van der Waals surface area contributed by atoms with E-state index in [2.05, 4.69) is 12.2 Å². The van der Waals surface area contributed by atoms with Crippen LogP contribution >= 0.6 is 23.2 Å². The third-order valence-electron chi connectivity index (χ3n) is 5.85. The molecule has 5 nitrogen and oxygen atoms in total. The van der Waals surface area contributed by atoms with Gasteiger partial charge in [0, 0.05) is 19.5 Å². The number of benzene rings is 3. The molecule has 0 aliphatic carbocycles. The second-order valence-electron chi connectivity index (χ2n) is 8.55. The maximum atomic E-state index is 13.6. The van der Waals surface area contributed by atoms with Gasteiger partial charge in [0.15, 0.2) is 6.61 Å². The quantitative estimate of drug-likeness (QED) is 0.310. The van der Waals surface area contributed by atoms with Crippen molar-refractivity contribution in [2.75, 3.05) is 13.2 Å². The molecular weight excluding hydrogens is 495 g/mol. The van der Waals surface area contributed by atoms with Crippen LogP contribution in [-0.4, -0.2) is 35.9 Å². The average molecular weight is 527 g/mol. The van der Waals surface area contributed by atoms with Crippen LogP contribution in [0.5, 0.6) is 5.75 Å². The van der Waals surface area contributed by atoms with Gasteiger partial charge in [0.1, 0.15) is 11.8 Å². The number of carbonyl (C=O) groups excluding carboxylic acids is 2. The highest BCUT2D eigenvalue weighted by atomic mass is 35.5. The zero-order chi connectivity index (χ0) is 25.9. The van der Waals surface area contributed by atoms with Gasteiger partial charge in [0.25, 0.3) is 5.91 Å². The van der Waals surface area contributed by atoms with Crippen molar-refractivity contribution < 1.29 is 14.3 Å². The van der Waals surface area contributed by atoms with Crippen molar-refractivity contribution in [2.45, 2.75) is 45.7 Å². The average Bonchev–Trinajstić information content (AvgIpc) is 2.90. The molecule has 3 rings (SSSR count). The molecule has 36 heavy (non-hydrogen) atoms. The van der Waals surface area contributed by atoms with E-state index in [1.54, 1.807) is 17.0 Å². The van der Waals surface area contributed by atoms with Gasteiger partial charge < -0.3 is 15.0 Å². The van der Waals surface area contributed by atoms with Crippen molar-refractivity contribution in [3.63, 3.8) is 0 Å². The maximum absolute atomic E-state index is 13.6. The minimum atomic E-state index is -0.730. The minimum absolute atomic E-state index is 0.185. The number of nitrogens with zero attached hydrogens (tertiary/aromatic N) is 1. The lowest BCUT2D eigenvalue weighted by atomic mass is 10.0. The summed E-state index contributed by atoms with van der Waals surface area (Å²) in [5.74, 6) is 0.0970. The highest BCUT2D eigenvalue weighted by Crippen LogP contribution is 2.24. The molecule has 1 unspecified atom stereocenters. The van der Waals surface area contributed by atoms with Gasteiger partial charge in [-0.2, -0.15) is 0 Å². The van der Waals surface area contributed by atoms with Crippen LogP contribution in [0.15, 0.2) is 72.8 Å². The minimum Gasteiger partial charge on any atom is -0.484 e. The Morgan fingerprint density at radius 2 is 1.58 bits per heavy atom. The van der Waals surface area contributed by atoms with Crippen LogP contribution < -0.4 is 10.1 Å². The lowest BCUT2D eigenvalue weighted by molar-refractivity contribution is -0.142. The van der Waals surface area contributed by atoms with E-state index in [-0.39, 0.29) is 25.0 Å². The molecule has 1 N–H and O–H groups in total. The number of hydrogen-bond donors (Lipinski definition) is 1. The Morgan fingerprint density at radius 3 is 2.22 bits per heavy atom. The first kappa shape index (κ1) is 27.6. The zero-order valence-corrected chi connectivity index (χ0v) is 22.2. The summed E-state index contributed by atoms with van der Waals surface area (Å²) in [6.45, 7) is 4.59.